The Hall–Kier alpha value is -0.500. The molecule has 2 rings (SSSR count). The first-order valence-corrected chi connectivity index (χ1v) is 7.69. The molecule has 1 aliphatic carbocycles. The van der Waals surface area contributed by atoms with E-state index in [1.165, 1.54) is 16.2 Å². The van der Waals surface area contributed by atoms with Crippen LogP contribution in [0.25, 0.3) is 0 Å². The second-order valence-corrected chi connectivity index (χ2v) is 6.74. The van der Waals surface area contributed by atoms with E-state index >= 15 is 0 Å². The molecule has 90 valence electrons. The molecule has 0 saturated heterocycles. The van der Waals surface area contributed by atoms with Crippen molar-refractivity contribution in [3.8, 4) is 0 Å². The monoisotopic (exact) mass is 261 g/mol. The molecule has 0 aromatic carbocycles. The van der Waals surface area contributed by atoms with E-state index in [-0.39, 0.29) is 11.8 Å². The van der Waals surface area contributed by atoms with Gasteiger partial charge in [-0.3, -0.25) is 0 Å². The van der Waals surface area contributed by atoms with Crippen LogP contribution >= 0.6 is 11.3 Å². The second kappa shape index (κ2) is 4.40. The van der Waals surface area contributed by atoms with E-state index in [9.17, 15) is 8.42 Å². The quantitative estimate of drug-likeness (QED) is 0.831. The second-order valence-electron chi connectivity index (χ2n) is 3.96. The molecule has 0 fully saturated rings. The maximum Gasteiger partial charge on any atom is 0.215 e. The van der Waals surface area contributed by atoms with E-state index in [0.717, 1.165) is 25.0 Å². The first kappa shape index (κ1) is 12.0. The molecule has 1 unspecified atom stereocenters. The lowest BCUT2D eigenvalue weighted by Gasteiger charge is -2.19. The number of primary sulfonamides is 1. The minimum atomic E-state index is -3.47. The molecule has 1 heterocycles. The zero-order valence-electron chi connectivity index (χ0n) is 9.06. The van der Waals surface area contributed by atoms with Crippen molar-refractivity contribution in [2.75, 3.05) is 7.05 Å². The average Bonchev–Trinajstić information content (AvgIpc) is 2.56. The maximum absolute atomic E-state index is 11.0. The van der Waals surface area contributed by atoms with E-state index in [0.29, 0.717) is 5.01 Å². The Kier molecular flexibility index (Phi) is 3.29. The lowest BCUT2D eigenvalue weighted by atomic mass is 9.98. The van der Waals surface area contributed by atoms with Crippen LogP contribution in [0.5, 0.6) is 0 Å². The third-order valence-corrected chi connectivity index (χ3v) is 4.66. The Labute approximate surface area is 99.1 Å². The molecular weight excluding hydrogens is 246 g/mol. The van der Waals surface area contributed by atoms with Crippen LogP contribution in [0.1, 0.15) is 34.5 Å². The van der Waals surface area contributed by atoms with Gasteiger partial charge in [-0.1, -0.05) is 0 Å². The highest BCUT2D eigenvalue weighted by Gasteiger charge is 2.24. The highest BCUT2D eigenvalue weighted by atomic mass is 32.2. The number of thiazole rings is 1. The number of hydrogen-bond donors (Lipinski definition) is 2. The van der Waals surface area contributed by atoms with Crippen LogP contribution in [-0.2, 0) is 22.2 Å². The molecule has 1 aliphatic rings. The summed E-state index contributed by atoms with van der Waals surface area (Å²) >= 11 is 1.47. The minimum absolute atomic E-state index is 0.152. The van der Waals surface area contributed by atoms with Gasteiger partial charge in [-0.05, 0) is 26.3 Å². The van der Waals surface area contributed by atoms with Gasteiger partial charge in [0.2, 0.25) is 10.0 Å². The molecule has 1 aromatic heterocycles. The number of nitrogens with two attached hydrogens (primary N) is 1. The van der Waals surface area contributed by atoms with Gasteiger partial charge < -0.3 is 5.32 Å². The first-order valence-electron chi connectivity index (χ1n) is 5.16. The topological polar surface area (TPSA) is 85.1 Å². The smallest absolute Gasteiger partial charge is 0.215 e. The largest absolute Gasteiger partial charge is 0.312 e. The van der Waals surface area contributed by atoms with Gasteiger partial charge in [0.05, 0.1) is 11.7 Å². The third kappa shape index (κ3) is 2.60. The lowest BCUT2D eigenvalue weighted by molar-refractivity contribution is 0.489. The Balaban J connectivity index is 2.29. The minimum Gasteiger partial charge on any atom is -0.312 e. The van der Waals surface area contributed by atoms with Gasteiger partial charge in [0.1, 0.15) is 10.8 Å². The van der Waals surface area contributed by atoms with Crippen LogP contribution in [0.15, 0.2) is 0 Å². The first-order chi connectivity index (χ1) is 7.49. The van der Waals surface area contributed by atoms with Gasteiger partial charge in [-0.2, -0.15) is 0 Å². The van der Waals surface area contributed by atoms with Gasteiger partial charge >= 0.3 is 0 Å². The highest BCUT2D eigenvalue weighted by Crippen LogP contribution is 2.33. The van der Waals surface area contributed by atoms with E-state index in [1.54, 1.807) is 0 Å². The third-order valence-electron chi connectivity index (χ3n) is 2.67. The van der Waals surface area contributed by atoms with Gasteiger partial charge in [-0.25, -0.2) is 18.5 Å². The average molecular weight is 261 g/mol. The Morgan fingerprint density at radius 3 is 3.00 bits per heavy atom. The van der Waals surface area contributed by atoms with Crippen molar-refractivity contribution in [1.82, 2.24) is 10.3 Å². The van der Waals surface area contributed by atoms with Crippen LogP contribution in [0, 0.1) is 0 Å². The maximum atomic E-state index is 11.0. The summed E-state index contributed by atoms with van der Waals surface area (Å²) in [4.78, 5) is 5.58. The summed E-state index contributed by atoms with van der Waals surface area (Å²) in [5, 5.41) is 8.82. The summed E-state index contributed by atoms with van der Waals surface area (Å²) in [6.07, 6.45) is 3.17. The van der Waals surface area contributed by atoms with Crippen molar-refractivity contribution in [3.63, 3.8) is 0 Å². The van der Waals surface area contributed by atoms with Crippen LogP contribution in [0.2, 0.25) is 0 Å². The Morgan fingerprint density at radius 2 is 2.38 bits per heavy atom. The number of sulfonamides is 1. The Morgan fingerprint density at radius 1 is 1.62 bits per heavy atom. The summed E-state index contributed by atoms with van der Waals surface area (Å²) in [6, 6.07) is 0.259. The predicted molar refractivity (Wildman–Crippen MR) is 63.7 cm³/mol. The zero-order chi connectivity index (χ0) is 11.8. The molecule has 0 amide bonds. The predicted octanol–water partition coefficient (Wildman–Crippen LogP) is 0.528. The van der Waals surface area contributed by atoms with E-state index in [4.69, 9.17) is 5.14 Å². The fourth-order valence-electron chi connectivity index (χ4n) is 1.98. The van der Waals surface area contributed by atoms with Gasteiger partial charge in [0.15, 0.2) is 0 Å². The molecule has 16 heavy (non-hydrogen) atoms. The van der Waals surface area contributed by atoms with Crippen molar-refractivity contribution in [2.24, 2.45) is 5.14 Å². The highest BCUT2D eigenvalue weighted by molar-refractivity contribution is 7.88. The van der Waals surface area contributed by atoms with Crippen molar-refractivity contribution >= 4 is 21.4 Å². The van der Waals surface area contributed by atoms with Crippen LogP contribution in [0.3, 0.4) is 0 Å². The van der Waals surface area contributed by atoms with Crippen molar-refractivity contribution < 1.29 is 8.42 Å². The van der Waals surface area contributed by atoms with Crippen LogP contribution < -0.4 is 10.5 Å². The van der Waals surface area contributed by atoms with Gasteiger partial charge in [-0.15, -0.1) is 11.3 Å². The number of aromatic nitrogens is 1. The number of hydrogen-bond acceptors (Lipinski definition) is 5. The van der Waals surface area contributed by atoms with Crippen molar-refractivity contribution in [3.05, 3.63) is 15.6 Å². The van der Waals surface area contributed by atoms with Crippen molar-refractivity contribution in [1.29, 1.82) is 0 Å². The van der Waals surface area contributed by atoms with E-state index in [1.807, 2.05) is 7.05 Å². The SMILES string of the molecule is CNC1CCCc2sc(CS(N)(=O)=O)nc21. The summed E-state index contributed by atoms with van der Waals surface area (Å²) in [5.74, 6) is -0.152. The normalized spacial score (nSPS) is 20.8. The van der Waals surface area contributed by atoms with Crippen molar-refractivity contribution in [2.45, 2.75) is 31.1 Å². The van der Waals surface area contributed by atoms with Gasteiger partial charge in [0, 0.05) is 4.88 Å². The number of rotatable bonds is 3. The van der Waals surface area contributed by atoms with Gasteiger partial charge in [0.25, 0.3) is 0 Å². The zero-order valence-corrected chi connectivity index (χ0v) is 10.7. The number of nitrogens with one attached hydrogen (secondary N) is 1. The standard InChI is InChI=1S/C9H15N3O2S2/c1-11-6-3-2-4-7-9(6)12-8(15-7)5-16(10,13)14/h6,11H,2-5H2,1H3,(H2,10,13,14). The number of fused-ring (bicyclic) bond motifs is 1. The molecule has 0 bridgehead atoms. The molecule has 0 saturated carbocycles. The molecule has 7 heteroatoms. The van der Waals surface area contributed by atoms with E-state index in [2.05, 4.69) is 10.3 Å². The molecule has 5 nitrogen and oxygen atoms in total. The lowest BCUT2D eigenvalue weighted by Crippen LogP contribution is -2.21. The summed E-state index contributed by atoms with van der Waals surface area (Å²) < 4.78 is 22.0. The molecule has 1 atom stereocenters. The summed E-state index contributed by atoms with van der Waals surface area (Å²) in [6.45, 7) is 0. The number of aryl methyl sites for hydroxylation is 1. The number of nitrogens with zero attached hydrogens (tertiary/aromatic N) is 1. The molecule has 0 radical (unpaired) electrons. The molecule has 3 N–H and O–H groups in total. The summed E-state index contributed by atoms with van der Waals surface area (Å²) in [7, 11) is -1.57. The fraction of sp³-hybridized carbons (Fsp3) is 0.667. The summed E-state index contributed by atoms with van der Waals surface area (Å²) in [5.41, 5.74) is 1.01. The Bertz CT molecular complexity index is 481. The van der Waals surface area contributed by atoms with Crippen LogP contribution in [0.4, 0.5) is 0 Å². The van der Waals surface area contributed by atoms with E-state index < -0.39 is 10.0 Å². The van der Waals surface area contributed by atoms with Crippen LogP contribution in [-0.4, -0.2) is 20.4 Å². The molecule has 0 aliphatic heterocycles. The molecular formula is C9H15N3O2S2. The molecule has 1 aromatic rings. The fourth-order valence-corrected chi connectivity index (χ4v) is 4.09. The molecule has 0 spiro atoms.